The average Bonchev–Trinajstić information content (AvgIpc) is 2.09. The number of hydrogen-bond acceptors (Lipinski definition) is 3. The van der Waals surface area contributed by atoms with Crippen molar-refractivity contribution in [3.63, 3.8) is 0 Å². The van der Waals surface area contributed by atoms with E-state index >= 15 is 0 Å². The number of rotatable bonds is 5. The minimum Gasteiger partial charge on any atom is -0.549 e. The van der Waals surface area contributed by atoms with Crippen LogP contribution < -0.4 is 0 Å². The number of carbonyl (C=O) groups excluding carboxylic acids is 1. The standard InChI is InChI=1S/C10H20O3Si/c1-6-7-12-10(11)9(2)8-13-14(3,4)5/h8H,6-7H2,1-5H3/b9-8+. The molecule has 3 nitrogen and oxygen atoms in total. The van der Waals surface area contributed by atoms with Crippen LogP contribution in [0.4, 0.5) is 0 Å². The first-order valence-corrected chi connectivity index (χ1v) is 8.29. The van der Waals surface area contributed by atoms with Gasteiger partial charge >= 0.3 is 5.97 Å². The molecule has 0 radical (unpaired) electrons. The molecule has 0 atom stereocenters. The summed E-state index contributed by atoms with van der Waals surface area (Å²) in [4.78, 5) is 11.3. The van der Waals surface area contributed by atoms with Crippen LogP contribution in [0.25, 0.3) is 0 Å². The lowest BCUT2D eigenvalue weighted by atomic mass is 10.3. The molecule has 0 aliphatic rings. The Balaban J connectivity index is 4.04. The molecule has 0 aromatic rings. The van der Waals surface area contributed by atoms with E-state index in [9.17, 15) is 4.79 Å². The Morgan fingerprint density at radius 1 is 1.36 bits per heavy atom. The highest BCUT2D eigenvalue weighted by Crippen LogP contribution is 2.06. The van der Waals surface area contributed by atoms with E-state index in [0.29, 0.717) is 12.2 Å². The zero-order valence-electron chi connectivity index (χ0n) is 9.72. The van der Waals surface area contributed by atoms with E-state index in [1.807, 2.05) is 6.92 Å². The van der Waals surface area contributed by atoms with Crippen LogP contribution in [0.15, 0.2) is 11.8 Å². The summed E-state index contributed by atoms with van der Waals surface area (Å²) in [6.07, 6.45) is 2.36. The van der Waals surface area contributed by atoms with Crippen molar-refractivity contribution in [1.29, 1.82) is 0 Å². The van der Waals surface area contributed by atoms with Crippen LogP contribution in [0.2, 0.25) is 19.6 Å². The van der Waals surface area contributed by atoms with Crippen molar-refractivity contribution < 1.29 is 14.0 Å². The molecule has 0 N–H and O–H groups in total. The summed E-state index contributed by atoms with van der Waals surface area (Å²) in [7, 11) is -1.58. The molecule has 0 aliphatic carbocycles. The van der Waals surface area contributed by atoms with Crippen LogP contribution in [0.5, 0.6) is 0 Å². The highest BCUT2D eigenvalue weighted by atomic mass is 28.4. The van der Waals surface area contributed by atoms with Gasteiger partial charge in [0.25, 0.3) is 0 Å². The Morgan fingerprint density at radius 2 is 1.93 bits per heavy atom. The van der Waals surface area contributed by atoms with Crippen molar-refractivity contribution in [3.8, 4) is 0 Å². The van der Waals surface area contributed by atoms with E-state index in [2.05, 4.69) is 19.6 Å². The third kappa shape index (κ3) is 6.71. The molecule has 14 heavy (non-hydrogen) atoms. The lowest BCUT2D eigenvalue weighted by molar-refractivity contribution is -0.139. The molecule has 0 fully saturated rings. The summed E-state index contributed by atoms with van der Waals surface area (Å²) >= 11 is 0. The zero-order chi connectivity index (χ0) is 11.2. The molecule has 4 heteroatoms. The molecule has 0 heterocycles. The first-order chi connectivity index (χ1) is 6.37. The molecule has 82 valence electrons. The number of esters is 1. The second kappa shape index (κ2) is 5.85. The maximum Gasteiger partial charge on any atom is 0.336 e. The molecule has 0 spiro atoms. The first-order valence-electron chi connectivity index (χ1n) is 4.88. The predicted molar refractivity (Wildman–Crippen MR) is 59.4 cm³/mol. The maximum atomic E-state index is 11.3. The van der Waals surface area contributed by atoms with Crippen LogP contribution >= 0.6 is 0 Å². The summed E-state index contributed by atoms with van der Waals surface area (Å²) in [6.45, 7) is 10.3. The molecule has 0 aliphatic heterocycles. The average molecular weight is 216 g/mol. The van der Waals surface area contributed by atoms with E-state index in [-0.39, 0.29) is 5.97 Å². The van der Waals surface area contributed by atoms with Crippen LogP contribution in [-0.2, 0) is 14.0 Å². The van der Waals surface area contributed by atoms with Gasteiger partial charge < -0.3 is 9.16 Å². The summed E-state index contributed by atoms with van der Waals surface area (Å²) in [6, 6.07) is 0. The van der Waals surface area contributed by atoms with Gasteiger partial charge in [-0.25, -0.2) is 4.79 Å². The largest absolute Gasteiger partial charge is 0.549 e. The molecule has 0 amide bonds. The minimum atomic E-state index is -1.58. The van der Waals surface area contributed by atoms with Crippen molar-refractivity contribution >= 4 is 14.3 Å². The van der Waals surface area contributed by atoms with E-state index < -0.39 is 8.32 Å². The smallest absolute Gasteiger partial charge is 0.336 e. The fourth-order valence-electron chi connectivity index (χ4n) is 0.622. The van der Waals surface area contributed by atoms with Crippen molar-refractivity contribution in [2.75, 3.05) is 6.61 Å². The van der Waals surface area contributed by atoms with Crippen molar-refractivity contribution in [2.24, 2.45) is 0 Å². The summed E-state index contributed by atoms with van der Waals surface area (Å²) in [5.74, 6) is -0.287. The Morgan fingerprint density at radius 3 is 2.36 bits per heavy atom. The molecule has 0 rings (SSSR count). The third-order valence-corrected chi connectivity index (χ3v) is 2.17. The second-order valence-electron chi connectivity index (χ2n) is 4.17. The van der Waals surface area contributed by atoms with Gasteiger partial charge in [0.2, 0.25) is 8.32 Å². The molecule has 0 aromatic carbocycles. The quantitative estimate of drug-likeness (QED) is 0.307. The zero-order valence-corrected chi connectivity index (χ0v) is 10.7. The number of hydrogen-bond donors (Lipinski definition) is 0. The first kappa shape index (κ1) is 13.2. The Hall–Kier alpha value is -0.773. The molecule has 0 bridgehead atoms. The highest BCUT2D eigenvalue weighted by molar-refractivity contribution is 6.69. The fourth-order valence-corrected chi connectivity index (χ4v) is 1.15. The fraction of sp³-hybridized carbons (Fsp3) is 0.700. The maximum absolute atomic E-state index is 11.3. The predicted octanol–water partition coefficient (Wildman–Crippen LogP) is 2.69. The van der Waals surface area contributed by atoms with Crippen molar-refractivity contribution in [1.82, 2.24) is 0 Å². The Labute approximate surface area is 87.2 Å². The lowest BCUT2D eigenvalue weighted by Crippen LogP contribution is -2.22. The SMILES string of the molecule is CCCOC(=O)/C(C)=C/O[Si](C)(C)C. The van der Waals surface area contributed by atoms with Gasteiger partial charge in [-0.15, -0.1) is 0 Å². The van der Waals surface area contributed by atoms with Crippen LogP contribution in [0.3, 0.4) is 0 Å². The van der Waals surface area contributed by atoms with E-state index in [1.165, 1.54) is 6.26 Å². The third-order valence-electron chi connectivity index (χ3n) is 1.35. The number of carbonyl (C=O) groups is 1. The Kier molecular flexibility index (Phi) is 5.53. The van der Waals surface area contributed by atoms with Gasteiger partial charge in [-0.05, 0) is 33.0 Å². The van der Waals surface area contributed by atoms with Crippen LogP contribution in [-0.4, -0.2) is 20.9 Å². The Bertz CT molecular complexity index is 216. The van der Waals surface area contributed by atoms with Gasteiger partial charge in [0.15, 0.2) is 0 Å². The van der Waals surface area contributed by atoms with Gasteiger partial charge in [0.05, 0.1) is 18.4 Å². The molecule has 0 saturated carbocycles. The van der Waals surface area contributed by atoms with E-state index in [4.69, 9.17) is 9.16 Å². The normalized spacial score (nSPS) is 12.5. The lowest BCUT2D eigenvalue weighted by Gasteiger charge is -2.15. The van der Waals surface area contributed by atoms with E-state index in [0.717, 1.165) is 6.42 Å². The molecule has 0 aromatic heterocycles. The summed E-state index contributed by atoms with van der Waals surface area (Å²) in [5, 5.41) is 0. The van der Waals surface area contributed by atoms with Gasteiger partial charge in [0.1, 0.15) is 0 Å². The molecule has 0 unspecified atom stereocenters. The molecule has 0 saturated heterocycles. The minimum absolute atomic E-state index is 0.287. The molecular weight excluding hydrogens is 196 g/mol. The summed E-state index contributed by atoms with van der Waals surface area (Å²) < 4.78 is 10.4. The van der Waals surface area contributed by atoms with Gasteiger partial charge in [0, 0.05) is 0 Å². The van der Waals surface area contributed by atoms with Crippen molar-refractivity contribution in [2.45, 2.75) is 39.9 Å². The highest BCUT2D eigenvalue weighted by Gasteiger charge is 2.14. The van der Waals surface area contributed by atoms with E-state index in [1.54, 1.807) is 6.92 Å². The number of ether oxygens (including phenoxy) is 1. The monoisotopic (exact) mass is 216 g/mol. The van der Waals surface area contributed by atoms with Gasteiger partial charge in [-0.2, -0.15) is 0 Å². The molecular formula is C10H20O3Si. The van der Waals surface area contributed by atoms with Crippen molar-refractivity contribution in [3.05, 3.63) is 11.8 Å². The van der Waals surface area contributed by atoms with Gasteiger partial charge in [-0.3, -0.25) is 0 Å². The van der Waals surface area contributed by atoms with Crippen LogP contribution in [0.1, 0.15) is 20.3 Å². The second-order valence-corrected chi connectivity index (χ2v) is 8.63. The van der Waals surface area contributed by atoms with Crippen LogP contribution in [0, 0.1) is 0 Å². The topological polar surface area (TPSA) is 35.5 Å². The summed E-state index contributed by atoms with van der Waals surface area (Å²) in [5.41, 5.74) is 0.529. The van der Waals surface area contributed by atoms with Gasteiger partial charge in [-0.1, -0.05) is 6.92 Å².